The molecule has 0 unspecified atom stereocenters. The van der Waals surface area contributed by atoms with E-state index >= 15 is 0 Å². The standard InChI is InChI=1S/C23H39N3O5Si/c1-16(2)19(26-22(29)30-15-17-11-9-8-10-12-17)21(28)25-18(20(24)27)13-14-31-32(6,7)23(3,4)5/h8-12,16,18-19H,13-15H2,1-7H3,(H2,24,27)(H,25,28)(H,26,29)/t18-,19+/m0/s1. The predicted octanol–water partition coefficient (Wildman–Crippen LogP) is 3.32. The van der Waals surface area contributed by atoms with Gasteiger partial charge < -0.3 is 25.5 Å². The van der Waals surface area contributed by atoms with Gasteiger partial charge in [0.1, 0.15) is 18.7 Å². The number of primary amides is 1. The number of ether oxygens (including phenoxy) is 1. The van der Waals surface area contributed by atoms with Gasteiger partial charge in [-0.05, 0) is 36.0 Å². The second-order valence-corrected chi connectivity index (χ2v) is 14.6. The molecule has 0 bridgehead atoms. The zero-order valence-corrected chi connectivity index (χ0v) is 21.4. The SMILES string of the molecule is CC(C)[C@@H](NC(=O)OCc1ccccc1)C(=O)N[C@@H](CCO[Si](C)(C)C(C)(C)C)C(N)=O. The molecule has 8 nitrogen and oxygen atoms in total. The Morgan fingerprint density at radius 3 is 2.16 bits per heavy atom. The molecule has 0 aliphatic carbocycles. The molecule has 3 amide bonds. The lowest BCUT2D eigenvalue weighted by Crippen LogP contribution is -2.55. The summed E-state index contributed by atoms with van der Waals surface area (Å²) in [6.45, 7) is 14.6. The number of carbonyl (C=O) groups is 3. The highest BCUT2D eigenvalue weighted by atomic mass is 28.4. The summed E-state index contributed by atoms with van der Waals surface area (Å²) in [5.41, 5.74) is 6.34. The summed E-state index contributed by atoms with van der Waals surface area (Å²) in [7, 11) is -1.98. The van der Waals surface area contributed by atoms with E-state index in [4.69, 9.17) is 14.9 Å². The first kappa shape index (κ1) is 27.6. The number of hydrogen-bond donors (Lipinski definition) is 3. The van der Waals surface area contributed by atoms with Crippen molar-refractivity contribution in [2.75, 3.05) is 6.61 Å². The molecule has 2 atom stereocenters. The second kappa shape index (κ2) is 12.0. The summed E-state index contributed by atoms with van der Waals surface area (Å²) in [5.74, 6) is -1.37. The van der Waals surface area contributed by atoms with Crippen LogP contribution in [-0.4, -0.2) is 44.9 Å². The number of nitrogens with two attached hydrogens (primary N) is 1. The molecule has 0 aliphatic rings. The van der Waals surface area contributed by atoms with Crippen molar-refractivity contribution in [1.82, 2.24) is 10.6 Å². The molecule has 0 radical (unpaired) electrons. The topological polar surface area (TPSA) is 120 Å². The van der Waals surface area contributed by atoms with Crippen LogP contribution in [0.1, 0.15) is 46.6 Å². The number of benzene rings is 1. The van der Waals surface area contributed by atoms with Gasteiger partial charge in [0.05, 0.1) is 0 Å². The summed E-state index contributed by atoms with van der Waals surface area (Å²) in [4.78, 5) is 36.9. The molecular formula is C23H39N3O5Si. The van der Waals surface area contributed by atoms with Crippen molar-refractivity contribution in [3.63, 3.8) is 0 Å². The first-order chi connectivity index (χ1) is 14.7. The maximum absolute atomic E-state index is 12.8. The van der Waals surface area contributed by atoms with Crippen LogP contribution in [0.25, 0.3) is 0 Å². The molecule has 1 rings (SSSR count). The first-order valence-corrected chi connectivity index (χ1v) is 13.9. The molecule has 4 N–H and O–H groups in total. The summed E-state index contributed by atoms with van der Waals surface area (Å²) < 4.78 is 11.3. The van der Waals surface area contributed by atoms with Crippen LogP contribution in [-0.2, 0) is 25.4 Å². The van der Waals surface area contributed by atoms with Gasteiger partial charge >= 0.3 is 6.09 Å². The van der Waals surface area contributed by atoms with Gasteiger partial charge in [-0.15, -0.1) is 0 Å². The maximum Gasteiger partial charge on any atom is 0.408 e. The van der Waals surface area contributed by atoms with E-state index < -0.39 is 38.3 Å². The summed E-state index contributed by atoms with van der Waals surface area (Å²) in [6, 6.07) is 7.47. The Labute approximate surface area is 192 Å². The first-order valence-electron chi connectivity index (χ1n) is 11.0. The van der Waals surface area contributed by atoms with Gasteiger partial charge in [-0.1, -0.05) is 65.0 Å². The van der Waals surface area contributed by atoms with Gasteiger partial charge in [-0.25, -0.2) is 4.79 Å². The van der Waals surface area contributed by atoms with Crippen molar-refractivity contribution >= 4 is 26.2 Å². The van der Waals surface area contributed by atoms with E-state index in [1.54, 1.807) is 13.8 Å². The largest absolute Gasteiger partial charge is 0.445 e. The Bertz CT molecular complexity index is 763. The molecule has 0 heterocycles. The number of amides is 3. The highest BCUT2D eigenvalue weighted by Gasteiger charge is 2.37. The van der Waals surface area contributed by atoms with Gasteiger partial charge in [0.25, 0.3) is 0 Å². The van der Waals surface area contributed by atoms with Crippen LogP contribution in [0.2, 0.25) is 18.1 Å². The number of carbonyl (C=O) groups excluding carboxylic acids is 3. The third kappa shape index (κ3) is 9.00. The predicted molar refractivity (Wildman–Crippen MR) is 127 cm³/mol. The molecular weight excluding hydrogens is 426 g/mol. The molecule has 0 aromatic heterocycles. The molecule has 9 heteroatoms. The van der Waals surface area contributed by atoms with Gasteiger partial charge in [-0.2, -0.15) is 0 Å². The molecule has 180 valence electrons. The van der Waals surface area contributed by atoms with Crippen LogP contribution in [0.15, 0.2) is 30.3 Å². The van der Waals surface area contributed by atoms with E-state index in [0.717, 1.165) is 5.56 Å². The van der Waals surface area contributed by atoms with Gasteiger partial charge in [0.15, 0.2) is 8.32 Å². The van der Waals surface area contributed by atoms with Crippen molar-refractivity contribution in [1.29, 1.82) is 0 Å². The fourth-order valence-electron chi connectivity index (χ4n) is 2.62. The molecule has 0 aliphatic heterocycles. The minimum atomic E-state index is -1.98. The number of alkyl carbamates (subject to hydrolysis) is 1. The maximum atomic E-state index is 12.8. The van der Waals surface area contributed by atoms with E-state index in [-0.39, 0.29) is 24.0 Å². The average Bonchev–Trinajstić information content (AvgIpc) is 2.69. The fraction of sp³-hybridized carbons (Fsp3) is 0.609. The van der Waals surface area contributed by atoms with E-state index in [1.165, 1.54) is 0 Å². The van der Waals surface area contributed by atoms with Crippen LogP contribution >= 0.6 is 0 Å². The highest BCUT2D eigenvalue weighted by molar-refractivity contribution is 6.74. The Morgan fingerprint density at radius 2 is 1.66 bits per heavy atom. The lowest BCUT2D eigenvalue weighted by molar-refractivity contribution is -0.129. The summed E-state index contributed by atoms with van der Waals surface area (Å²) in [6.07, 6.45) is -0.448. The quantitative estimate of drug-likeness (QED) is 0.433. The number of hydrogen-bond acceptors (Lipinski definition) is 5. The van der Waals surface area contributed by atoms with Crippen molar-refractivity contribution in [3.05, 3.63) is 35.9 Å². The summed E-state index contributed by atoms with van der Waals surface area (Å²) in [5, 5.41) is 5.27. The highest BCUT2D eigenvalue weighted by Crippen LogP contribution is 2.36. The zero-order valence-electron chi connectivity index (χ0n) is 20.4. The third-order valence-corrected chi connectivity index (χ3v) is 10.3. The average molecular weight is 466 g/mol. The zero-order chi connectivity index (χ0) is 24.5. The molecule has 0 spiro atoms. The smallest absolute Gasteiger partial charge is 0.408 e. The minimum absolute atomic E-state index is 0.0330. The number of rotatable bonds is 11. The molecule has 0 saturated heterocycles. The summed E-state index contributed by atoms with van der Waals surface area (Å²) >= 11 is 0. The van der Waals surface area contributed by atoms with Crippen LogP contribution in [0.4, 0.5) is 4.79 Å². The van der Waals surface area contributed by atoms with Gasteiger partial charge in [-0.3, -0.25) is 9.59 Å². The molecule has 0 saturated carbocycles. The van der Waals surface area contributed by atoms with Crippen LogP contribution in [0.3, 0.4) is 0 Å². The monoisotopic (exact) mass is 465 g/mol. The van der Waals surface area contributed by atoms with Gasteiger partial charge in [0.2, 0.25) is 11.8 Å². The van der Waals surface area contributed by atoms with Crippen LogP contribution < -0.4 is 16.4 Å². The molecule has 0 fully saturated rings. The van der Waals surface area contributed by atoms with E-state index in [0.29, 0.717) is 6.61 Å². The second-order valence-electron chi connectivity index (χ2n) is 9.79. The minimum Gasteiger partial charge on any atom is -0.445 e. The van der Waals surface area contributed by atoms with Crippen molar-refractivity contribution in [2.24, 2.45) is 11.7 Å². The van der Waals surface area contributed by atoms with E-state index in [1.807, 2.05) is 30.3 Å². The van der Waals surface area contributed by atoms with Crippen molar-refractivity contribution in [3.8, 4) is 0 Å². The Kier molecular flexibility index (Phi) is 10.4. The Hall–Kier alpha value is -2.39. The van der Waals surface area contributed by atoms with Gasteiger partial charge in [0, 0.05) is 6.61 Å². The lowest BCUT2D eigenvalue weighted by atomic mass is 10.0. The van der Waals surface area contributed by atoms with E-state index in [9.17, 15) is 14.4 Å². The third-order valence-electron chi connectivity index (χ3n) is 5.77. The molecule has 32 heavy (non-hydrogen) atoms. The molecule has 1 aromatic carbocycles. The van der Waals surface area contributed by atoms with E-state index in [2.05, 4.69) is 44.5 Å². The fourth-order valence-corrected chi connectivity index (χ4v) is 3.68. The van der Waals surface area contributed by atoms with Crippen LogP contribution in [0, 0.1) is 5.92 Å². The Balaban J connectivity index is 2.66. The molecule has 1 aromatic rings. The van der Waals surface area contributed by atoms with Crippen molar-refractivity contribution in [2.45, 2.75) is 77.9 Å². The van der Waals surface area contributed by atoms with Crippen LogP contribution in [0.5, 0.6) is 0 Å². The van der Waals surface area contributed by atoms with Crippen molar-refractivity contribution < 1.29 is 23.5 Å². The normalized spacial score (nSPS) is 13.9. The Morgan fingerprint density at radius 1 is 1.06 bits per heavy atom. The lowest BCUT2D eigenvalue weighted by Gasteiger charge is -2.36. The number of nitrogens with one attached hydrogen (secondary N) is 2.